The van der Waals surface area contributed by atoms with Crippen molar-refractivity contribution in [2.45, 2.75) is 20.3 Å². The Morgan fingerprint density at radius 1 is 1.32 bits per heavy atom. The summed E-state index contributed by atoms with van der Waals surface area (Å²) in [7, 11) is 1.69. The Morgan fingerprint density at radius 2 is 2.05 bits per heavy atom. The van der Waals surface area contributed by atoms with Crippen molar-refractivity contribution in [3.63, 3.8) is 0 Å². The summed E-state index contributed by atoms with van der Waals surface area (Å²) < 4.78 is 0. The first-order chi connectivity index (χ1) is 9.30. The molecule has 1 rings (SSSR count). The normalized spacial score (nSPS) is 12.6. The molecule has 1 aromatic carbocycles. The minimum atomic E-state index is 0.553. The lowest BCUT2D eigenvalue weighted by Gasteiger charge is -2.12. The highest BCUT2D eigenvalue weighted by atomic mass is 16.7. The molecule has 2 N–H and O–H groups in total. The molecule has 0 fully saturated rings. The number of allylic oxidation sites excluding steroid dienone is 3. The lowest BCUT2D eigenvalue weighted by atomic mass is 10.3. The van der Waals surface area contributed by atoms with E-state index >= 15 is 0 Å². The summed E-state index contributed by atoms with van der Waals surface area (Å²) in [5, 5.41) is 3.13. The van der Waals surface area contributed by atoms with Crippen LogP contribution in [0.5, 0.6) is 0 Å². The lowest BCUT2D eigenvalue weighted by Crippen LogP contribution is -2.30. The number of guanidine groups is 1. The average molecular weight is 259 g/mol. The van der Waals surface area contributed by atoms with Gasteiger partial charge in [0.15, 0.2) is 5.76 Å². The van der Waals surface area contributed by atoms with E-state index in [2.05, 4.69) is 22.7 Å². The molecular weight excluding hydrogens is 238 g/mol. The molecule has 4 heteroatoms. The van der Waals surface area contributed by atoms with Gasteiger partial charge in [0.05, 0.1) is 0 Å². The zero-order valence-electron chi connectivity index (χ0n) is 11.7. The fourth-order valence-electron chi connectivity index (χ4n) is 1.40. The molecule has 0 heterocycles. The standard InChI is InChI=1S/C15H21N3O/c1-4-9-14(10-5-2)19-18-15(16-3)17-13-11-7-6-8-12-13/h4,6-12H,5H2,1-3H3,(H2,16,17,18)/b9-4-,14-10+. The van der Waals surface area contributed by atoms with Crippen LogP contribution in [0.1, 0.15) is 20.3 Å². The van der Waals surface area contributed by atoms with Crippen LogP contribution in [-0.2, 0) is 4.84 Å². The predicted octanol–water partition coefficient (Wildman–Crippen LogP) is 3.48. The minimum absolute atomic E-state index is 0.553. The van der Waals surface area contributed by atoms with Crippen LogP contribution in [0.3, 0.4) is 0 Å². The third-order valence-corrected chi connectivity index (χ3v) is 2.26. The van der Waals surface area contributed by atoms with Crippen LogP contribution in [0.15, 0.2) is 59.3 Å². The minimum Gasteiger partial charge on any atom is -0.380 e. The van der Waals surface area contributed by atoms with E-state index in [0.29, 0.717) is 5.96 Å². The van der Waals surface area contributed by atoms with Gasteiger partial charge in [-0.1, -0.05) is 31.2 Å². The largest absolute Gasteiger partial charge is 0.380 e. The maximum atomic E-state index is 5.48. The van der Waals surface area contributed by atoms with Gasteiger partial charge < -0.3 is 10.2 Å². The fraction of sp³-hybridized carbons (Fsp3) is 0.267. The molecule has 0 aromatic heterocycles. The molecule has 0 unspecified atom stereocenters. The fourth-order valence-corrected chi connectivity index (χ4v) is 1.40. The van der Waals surface area contributed by atoms with Gasteiger partial charge in [-0.05, 0) is 37.6 Å². The number of hydrogen-bond donors (Lipinski definition) is 2. The topological polar surface area (TPSA) is 45.6 Å². The van der Waals surface area contributed by atoms with Crippen molar-refractivity contribution in [1.82, 2.24) is 5.48 Å². The summed E-state index contributed by atoms with van der Waals surface area (Å²) in [6, 6.07) is 9.80. The summed E-state index contributed by atoms with van der Waals surface area (Å²) in [4.78, 5) is 9.57. The second-order valence-corrected chi connectivity index (χ2v) is 3.78. The molecule has 0 amide bonds. The summed E-state index contributed by atoms with van der Waals surface area (Å²) in [5.74, 6) is 1.32. The number of aliphatic imine (C=N–C) groups is 1. The Hall–Kier alpha value is -2.23. The summed E-state index contributed by atoms with van der Waals surface area (Å²) in [5.41, 5.74) is 3.76. The number of hydroxylamine groups is 1. The third-order valence-electron chi connectivity index (χ3n) is 2.26. The average Bonchev–Trinajstić information content (AvgIpc) is 2.44. The van der Waals surface area contributed by atoms with Crippen molar-refractivity contribution < 1.29 is 4.84 Å². The second-order valence-electron chi connectivity index (χ2n) is 3.78. The van der Waals surface area contributed by atoms with E-state index in [4.69, 9.17) is 4.84 Å². The van der Waals surface area contributed by atoms with Gasteiger partial charge in [-0.3, -0.25) is 4.99 Å². The number of para-hydroxylation sites is 1. The quantitative estimate of drug-likeness (QED) is 0.280. The van der Waals surface area contributed by atoms with Crippen molar-refractivity contribution in [3.05, 3.63) is 54.3 Å². The highest BCUT2D eigenvalue weighted by Crippen LogP contribution is 2.05. The van der Waals surface area contributed by atoms with E-state index in [-0.39, 0.29) is 0 Å². The van der Waals surface area contributed by atoms with Crippen LogP contribution in [0, 0.1) is 0 Å². The van der Waals surface area contributed by atoms with Crippen LogP contribution in [0.2, 0.25) is 0 Å². The van der Waals surface area contributed by atoms with Crippen molar-refractivity contribution in [2.24, 2.45) is 4.99 Å². The number of rotatable bonds is 5. The third kappa shape index (κ3) is 5.77. The molecule has 0 saturated carbocycles. The molecule has 102 valence electrons. The molecule has 0 saturated heterocycles. The Kier molecular flexibility index (Phi) is 6.87. The van der Waals surface area contributed by atoms with Gasteiger partial charge in [0.1, 0.15) is 0 Å². The first-order valence-corrected chi connectivity index (χ1v) is 6.34. The second kappa shape index (κ2) is 8.80. The highest BCUT2D eigenvalue weighted by Gasteiger charge is 1.99. The Morgan fingerprint density at radius 3 is 2.63 bits per heavy atom. The van der Waals surface area contributed by atoms with Crippen LogP contribution in [-0.4, -0.2) is 13.0 Å². The van der Waals surface area contributed by atoms with E-state index < -0.39 is 0 Å². The van der Waals surface area contributed by atoms with E-state index in [0.717, 1.165) is 17.9 Å². The van der Waals surface area contributed by atoms with Crippen LogP contribution in [0.4, 0.5) is 5.69 Å². The van der Waals surface area contributed by atoms with E-state index in [1.807, 2.05) is 55.5 Å². The SMILES string of the molecule is C/C=C\C(=C/CC)ONC(=NC)Nc1ccccc1. The van der Waals surface area contributed by atoms with Gasteiger partial charge >= 0.3 is 0 Å². The summed E-state index contributed by atoms with van der Waals surface area (Å²) >= 11 is 0. The monoisotopic (exact) mass is 259 g/mol. The Bertz CT molecular complexity index is 450. The first-order valence-electron chi connectivity index (χ1n) is 6.34. The molecule has 19 heavy (non-hydrogen) atoms. The maximum Gasteiger partial charge on any atom is 0.229 e. The first kappa shape index (κ1) is 14.8. The molecular formula is C15H21N3O. The lowest BCUT2D eigenvalue weighted by molar-refractivity contribution is 0.169. The molecule has 0 aliphatic heterocycles. The van der Waals surface area contributed by atoms with Crippen molar-refractivity contribution in [2.75, 3.05) is 12.4 Å². The summed E-state index contributed by atoms with van der Waals surface area (Å²) in [6.07, 6.45) is 6.72. The molecule has 0 atom stereocenters. The van der Waals surface area contributed by atoms with E-state index in [9.17, 15) is 0 Å². The highest BCUT2D eigenvalue weighted by molar-refractivity contribution is 5.92. The van der Waals surface area contributed by atoms with Crippen molar-refractivity contribution >= 4 is 11.6 Å². The molecule has 1 aromatic rings. The molecule has 0 aliphatic rings. The molecule has 0 aliphatic carbocycles. The van der Waals surface area contributed by atoms with Crippen LogP contribution >= 0.6 is 0 Å². The van der Waals surface area contributed by atoms with Gasteiger partial charge in [0.25, 0.3) is 0 Å². The molecule has 0 bridgehead atoms. The summed E-state index contributed by atoms with van der Waals surface area (Å²) in [6.45, 7) is 4.01. The smallest absolute Gasteiger partial charge is 0.229 e. The van der Waals surface area contributed by atoms with Crippen molar-refractivity contribution in [1.29, 1.82) is 0 Å². The van der Waals surface area contributed by atoms with Gasteiger partial charge in [-0.15, -0.1) is 0 Å². The number of anilines is 1. The number of hydrogen-bond acceptors (Lipinski definition) is 2. The predicted molar refractivity (Wildman–Crippen MR) is 80.8 cm³/mol. The number of nitrogens with one attached hydrogen (secondary N) is 2. The Labute approximate surface area is 114 Å². The molecule has 0 spiro atoms. The van der Waals surface area contributed by atoms with Crippen LogP contribution < -0.4 is 10.8 Å². The van der Waals surface area contributed by atoms with Gasteiger partial charge in [0.2, 0.25) is 5.96 Å². The van der Waals surface area contributed by atoms with Gasteiger partial charge in [-0.25, -0.2) is 0 Å². The number of benzene rings is 1. The Balaban J connectivity index is 2.56. The number of nitrogens with zero attached hydrogens (tertiary/aromatic N) is 1. The zero-order valence-corrected chi connectivity index (χ0v) is 11.7. The van der Waals surface area contributed by atoms with E-state index in [1.165, 1.54) is 0 Å². The van der Waals surface area contributed by atoms with Gasteiger partial charge in [-0.2, -0.15) is 5.48 Å². The zero-order chi connectivity index (χ0) is 13.9. The van der Waals surface area contributed by atoms with E-state index in [1.54, 1.807) is 7.05 Å². The van der Waals surface area contributed by atoms with Crippen molar-refractivity contribution in [3.8, 4) is 0 Å². The van der Waals surface area contributed by atoms with Crippen LogP contribution in [0.25, 0.3) is 0 Å². The van der Waals surface area contributed by atoms with Gasteiger partial charge in [0, 0.05) is 12.7 Å². The molecule has 0 radical (unpaired) electrons. The molecule has 4 nitrogen and oxygen atoms in total. The maximum absolute atomic E-state index is 5.48.